The minimum absolute atomic E-state index is 0.0284. The van der Waals surface area contributed by atoms with E-state index in [1.165, 1.54) is 0 Å². The Morgan fingerprint density at radius 1 is 1.33 bits per heavy atom. The Balaban J connectivity index is 1.93. The average molecular weight is 292 g/mol. The molecule has 2 rings (SSSR count). The molecule has 0 spiro atoms. The number of anilines is 1. The second kappa shape index (κ2) is 7.01. The lowest BCUT2D eigenvalue weighted by Gasteiger charge is -2.31. The summed E-state index contributed by atoms with van der Waals surface area (Å²) < 4.78 is 5.05. The third kappa shape index (κ3) is 3.68. The van der Waals surface area contributed by atoms with Gasteiger partial charge in [-0.2, -0.15) is 0 Å². The lowest BCUT2D eigenvalue weighted by molar-refractivity contribution is -0.148. The zero-order valence-corrected chi connectivity index (χ0v) is 12.3. The van der Waals surface area contributed by atoms with Crippen molar-refractivity contribution in [2.75, 3.05) is 31.6 Å². The number of aromatic nitrogens is 2. The van der Waals surface area contributed by atoms with Crippen molar-refractivity contribution in [1.29, 1.82) is 0 Å². The van der Waals surface area contributed by atoms with E-state index in [0.717, 1.165) is 31.7 Å². The molecule has 0 bridgehead atoms. The monoisotopic (exact) mass is 292 g/mol. The first kappa shape index (κ1) is 15.2. The maximum absolute atomic E-state index is 11.7. The lowest BCUT2D eigenvalue weighted by Crippen LogP contribution is -2.37. The van der Waals surface area contributed by atoms with Gasteiger partial charge in [0.05, 0.1) is 12.5 Å². The molecular weight excluding hydrogens is 272 g/mol. The van der Waals surface area contributed by atoms with E-state index in [9.17, 15) is 9.59 Å². The maximum atomic E-state index is 11.7. The van der Waals surface area contributed by atoms with Crippen LogP contribution in [-0.2, 0) is 9.53 Å². The normalized spacial score (nSPS) is 15.6. The van der Waals surface area contributed by atoms with E-state index in [2.05, 4.69) is 20.4 Å². The number of hydrogen-bond acceptors (Lipinski definition) is 6. The first-order valence-electron chi connectivity index (χ1n) is 7.13. The van der Waals surface area contributed by atoms with Crippen LogP contribution in [0.4, 0.5) is 5.82 Å². The number of piperidine rings is 1. The minimum atomic E-state index is -0.255. The number of esters is 1. The molecule has 7 heteroatoms. The standard InChI is InChI=1S/C14H20N4O3/c1-3-21-14(20)10-6-8-18(9-7-10)12-5-4-11(16-17-12)13(19)15-2/h4-5,10H,3,6-9H2,1-2H3,(H,15,19). The van der Waals surface area contributed by atoms with Crippen molar-refractivity contribution < 1.29 is 14.3 Å². The van der Waals surface area contributed by atoms with E-state index in [1.54, 1.807) is 19.2 Å². The van der Waals surface area contributed by atoms with Gasteiger partial charge in [-0.25, -0.2) is 0 Å². The molecule has 114 valence electrons. The van der Waals surface area contributed by atoms with Crippen LogP contribution in [0.3, 0.4) is 0 Å². The SMILES string of the molecule is CCOC(=O)C1CCN(c2ccc(C(=O)NC)nn2)CC1. The van der Waals surface area contributed by atoms with Crippen LogP contribution in [0.25, 0.3) is 0 Å². The van der Waals surface area contributed by atoms with E-state index in [-0.39, 0.29) is 17.8 Å². The molecule has 0 radical (unpaired) electrons. The highest BCUT2D eigenvalue weighted by molar-refractivity contribution is 5.91. The molecular formula is C14H20N4O3. The van der Waals surface area contributed by atoms with Crippen LogP contribution in [0, 0.1) is 5.92 Å². The van der Waals surface area contributed by atoms with Crippen molar-refractivity contribution in [1.82, 2.24) is 15.5 Å². The number of amides is 1. The number of rotatable bonds is 4. The maximum Gasteiger partial charge on any atom is 0.309 e. The van der Waals surface area contributed by atoms with Gasteiger partial charge in [-0.15, -0.1) is 10.2 Å². The molecule has 2 heterocycles. The van der Waals surface area contributed by atoms with Gasteiger partial charge in [0.1, 0.15) is 0 Å². The fourth-order valence-corrected chi connectivity index (χ4v) is 2.35. The molecule has 1 amide bonds. The molecule has 21 heavy (non-hydrogen) atoms. The Hall–Kier alpha value is -2.18. The molecule has 0 aliphatic carbocycles. The molecule has 1 aromatic rings. The zero-order valence-electron chi connectivity index (χ0n) is 12.3. The van der Waals surface area contributed by atoms with Crippen LogP contribution in [0.2, 0.25) is 0 Å². The summed E-state index contributed by atoms with van der Waals surface area (Å²) in [4.78, 5) is 25.1. The number of ether oxygens (including phenoxy) is 1. The second-order valence-corrected chi connectivity index (χ2v) is 4.87. The van der Waals surface area contributed by atoms with Crippen LogP contribution < -0.4 is 10.2 Å². The number of nitrogens with zero attached hydrogens (tertiary/aromatic N) is 3. The number of carbonyl (C=O) groups is 2. The third-order valence-corrected chi connectivity index (χ3v) is 3.55. The predicted octanol–water partition coefficient (Wildman–Crippen LogP) is 0.616. The van der Waals surface area contributed by atoms with E-state index >= 15 is 0 Å². The van der Waals surface area contributed by atoms with Gasteiger partial charge < -0.3 is 15.0 Å². The van der Waals surface area contributed by atoms with Gasteiger partial charge in [-0.1, -0.05) is 0 Å². The molecule has 1 fully saturated rings. The first-order chi connectivity index (χ1) is 10.2. The van der Waals surface area contributed by atoms with Crippen molar-refractivity contribution in [3.63, 3.8) is 0 Å². The molecule has 7 nitrogen and oxygen atoms in total. The summed E-state index contributed by atoms with van der Waals surface area (Å²) >= 11 is 0. The van der Waals surface area contributed by atoms with Gasteiger partial charge in [0, 0.05) is 20.1 Å². The first-order valence-corrected chi connectivity index (χ1v) is 7.13. The van der Waals surface area contributed by atoms with Gasteiger partial charge in [0.2, 0.25) is 0 Å². The summed E-state index contributed by atoms with van der Waals surface area (Å²) in [6, 6.07) is 3.43. The second-order valence-electron chi connectivity index (χ2n) is 4.87. The zero-order chi connectivity index (χ0) is 15.2. The summed E-state index contributed by atoms with van der Waals surface area (Å²) in [5, 5.41) is 10.5. The summed E-state index contributed by atoms with van der Waals surface area (Å²) in [6.07, 6.45) is 1.50. The number of nitrogens with one attached hydrogen (secondary N) is 1. The smallest absolute Gasteiger partial charge is 0.309 e. The molecule has 0 saturated carbocycles. The Morgan fingerprint density at radius 3 is 2.57 bits per heavy atom. The predicted molar refractivity (Wildman–Crippen MR) is 77.0 cm³/mol. The number of hydrogen-bond donors (Lipinski definition) is 1. The molecule has 1 N–H and O–H groups in total. The lowest BCUT2D eigenvalue weighted by atomic mass is 9.97. The van der Waals surface area contributed by atoms with Crippen molar-refractivity contribution >= 4 is 17.7 Å². The van der Waals surface area contributed by atoms with Crippen LogP contribution >= 0.6 is 0 Å². The van der Waals surface area contributed by atoms with Gasteiger partial charge in [-0.05, 0) is 31.9 Å². The number of carbonyl (C=O) groups excluding carboxylic acids is 2. The molecule has 0 atom stereocenters. The topological polar surface area (TPSA) is 84.4 Å². The summed E-state index contributed by atoms with van der Waals surface area (Å²) in [6.45, 7) is 3.71. The third-order valence-electron chi connectivity index (χ3n) is 3.55. The fourth-order valence-electron chi connectivity index (χ4n) is 2.35. The van der Waals surface area contributed by atoms with E-state index in [1.807, 2.05) is 6.92 Å². The highest BCUT2D eigenvalue weighted by Gasteiger charge is 2.26. The van der Waals surface area contributed by atoms with Crippen molar-refractivity contribution in [2.45, 2.75) is 19.8 Å². The van der Waals surface area contributed by atoms with E-state index < -0.39 is 0 Å². The van der Waals surface area contributed by atoms with Gasteiger partial charge in [0.15, 0.2) is 11.5 Å². The molecule has 1 aliphatic heterocycles. The molecule has 1 aliphatic rings. The Labute approximate surface area is 123 Å². The van der Waals surface area contributed by atoms with Crippen molar-refractivity contribution in [3.05, 3.63) is 17.8 Å². The largest absolute Gasteiger partial charge is 0.466 e. The van der Waals surface area contributed by atoms with Gasteiger partial charge in [-0.3, -0.25) is 9.59 Å². The average Bonchev–Trinajstić information content (AvgIpc) is 2.54. The molecule has 1 saturated heterocycles. The minimum Gasteiger partial charge on any atom is -0.466 e. The Morgan fingerprint density at radius 2 is 2.05 bits per heavy atom. The van der Waals surface area contributed by atoms with Gasteiger partial charge in [0.25, 0.3) is 5.91 Å². The van der Waals surface area contributed by atoms with Crippen molar-refractivity contribution in [3.8, 4) is 0 Å². The molecule has 0 unspecified atom stereocenters. The quantitative estimate of drug-likeness (QED) is 0.819. The van der Waals surface area contributed by atoms with Crippen LogP contribution in [0.5, 0.6) is 0 Å². The Kier molecular flexibility index (Phi) is 5.08. The van der Waals surface area contributed by atoms with E-state index in [4.69, 9.17) is 4.74 Å². The highest BCUT2D eigenvalue weighted by Crippen LogP contribution is 2.22. The van der Waals surface area contributed by atoms with Crippen LogP contribution in [0.1, 0.15) is 30.3 Å². The summed E-state index contributed by atoms with van der Waals surface area (Å²) in [5.41, 5.74) is 0.294. The molecule has 0 aromatic carbocycles. The van der Waals surface area contributed by atoms with Crippen LogP contribution in [0.15, 0.2) is 12.1 Å². The Bertz CT molecular complexity index is 495. The fraction of sp³-hybridized carbons (Fsp3) is 0.571. The summed E-state index contributed by atoms with van der Waals surface area (Å²) in [7, 11) is 1.55. The highest BCUT2D eigenvalue weighted by atomic mass is 16.5. The van der Waals surface area contributed by atoms with E-state index in [0.29, 0.717) is 12.3 Å². The van der Waals surface area contributed by atoms with Gasteiger partial charge >= 0.3 is 5.97 Å². The summed E-state index contributed by atoms with van der Waals surface area (Å²) in [5.74, 6) is 0.331. The van der Waals surface area contributed by atoms with Crippen molar-refractivity contribution in [2.24, 2.45) is 5.92 Å². The van der Waals surface area contributed by atoms with Crippen LogP contribution in [-0.4, -0.2) is 48.8 Å². The molecule has 1 aromatic heterocycles.